The third-order valence-electron chi connectivity index (χ3n) is 4.48. The van der Waals surface area contributed by atoms with Gasteiger partial charge in [0, 0.05) is 5.02 Å². The van der Waals surface area contributed by atoms with Crippen molar-refractivity contribution in [2.75, 3.05) is 0 Å². The Kier molecular flexibility index (Phi) is 6.16. The number of furan rings is 1. The zero-order valence-electron chi connectivity index (χ0n) is 16.2. The maximum absolute atomic E-state index is 13.0. The summed E-state index contributed by atoms with van der Waals surface area (Å²) in [7, 11) is 0. The number of amidine groups is 1. The van der Waals surface area contributed by atoms with E-state index in [0.717, 1.165) is 16.7 Å². The van der Waals surface area contributed by atoms with Gasteiger partial charge in [0.2, 0.25) is 0 Å². The molecule has 7 heteroatoms. The maximum Gasteiger partial charge on any atom is 0.267 e. The molecule has 0 saturated carbocycles. The van der Waals surface area contributed by atoms with E-state index in [1.165, 1.54) is 11.8 Å². The maximum atomic E-state index is 13.0. The normalized spacial score (nSPS) is 17.0. The zero-order valence-corrected chi connectivity index (χ0v) is 17.7. The number of hydrogen-bond donors (Lipinski definition) is 0. The van der Waals surface area contributed by atoms with Crippen LogP contribution in [0.2, 0.25) is 5.02 Å². The van der Waals surface area contributed by atoms with Crippen LogP contribution in [-0.2, 0) is 11.3 Å². The van der Waals surface area contributed by atoms with Crippen molar-refractivity contribution in [1.82, 2.24) is 4.90 Å². The van der Waals surface area contributed by atoms with Crippen molar-refractivity contribution >= 4 is 46.7 Å². The fourth-order valence-electron chi connectivity index (χ4n) is 2.86. The van der Waals surface area contributed by atoms with Gasteiger partial charge >= 0.3 is 0 Å². The Morgan fingerprint density at radius 1 is 1.10 bits per heavy atom. The topological polar surface area (TPSA) is 58.2 Å². The molecule has 0 unspecified atom stereocenters. The van der Waals surface area contributed by atoms with Gasteiger partial charge in [-0.05, 0) is 65.7 Å². The Hall–Kier alpha value is -3.09. The molecule has 1 fully saturated rings. The SMILES string of the molecule is Cc1ccccc1/C=N\N=C1\S/C(=C\c2ccc(Cl)cc2)C(=O)N1Cc1ccco1. The first-order valence-corrected chi connectivity index (χ1v) is 10.5. The van der Waals surface area contributed by atoms with Crippen molar-refractivity contribution in [3.63, 3.8) is 0 Å². The van der Waals surface area contributed by atoms with Gasteiger partial charge in [0.25, 0.3) is 5.91 Å². The van der Waals surface area contributed by atoms with Gasteiger partial charge in [-0.3, -0.25) is 9.69 Å². The Morgan fingerprint density at radius 2 is 1.90 bits per heavy atom. The standard InChI is InChI=1S/C23H18ClN3O2S/c1-16-5-2-3-6-18(16)14-25-26-23-27(15-20-7-4-12-29-20)22(28)21(30-23)13-17-8-10-19(24)11-9-17/h2-14H,15H2,1H3/b21-13-,25-14-,26-23+. The Morgan fingerprint density at radius 3 is 2.63 bits per heavy atom. The average Bonchev–Trinajstić information content (AvgIpc) is 3.35. The molecular formula is C23H18ClN3O2S. The number of carbonyl (C=O) groups is 1. The molecule has 0 N–H and O–H groups in total. The molecule has 2 aromatic carbocycles. The molecule has 5 nitrogen and oxygen atoms in total. The van der Waals surface area contributed by atoms with Crippen molar-refractivity contribution in [2.24, 2.45) is 10.2 Å². The van der Waals surface area contributed by atoms with Gasteiger partial charge in [-0.2, -0.15) is 5.10 Å². The lowest BCUT2D eigenvalue weighted by Crippen LogP contribution is -2.28. The number of carbonyl (C=O) groups excluding carboxylic acids is 1. The lowest BCUT2D eigenvalue weighted by atomic mass is 10.1. The second-order valence-electron chi connectivity index (χ2n) is 6.62. The van der Waals surface area contributed by atoms with Crippen LogP contribution in [0.5, 0.6) is 0 Å². The third-order valence-corrected chi connectivity index (χ3v) is 5.73. The summed E-state index contributed by atoms with van der Waals surface area (Å²) in [6.45, 7) is 2.30. The van der Waals surface area contributed by atoms with Gasteiger partial charge in [-0.15, -0.1) is 5.10 Å². The highest BCUT2D eigenvalue weighted by atomic mass is 35.5. The fraction of sp³-hybridized carbons (Fsp3) is 0.0870. The van der Waals surface area contributed by atoms with E-state index in [4.69, 9.17) is 16.0 Å². The van der Waals surface area contributed by atoms with E-state index in [-0.39, 0.29) is 12.5 Å². The smallest absolute Gasteiger partial charge is 0.267 e. The zero-order chi connectivity index (χ0) is 20.9. The second kappa shape index (κ2) is 9.15. The molecule has 0 radical (unpaired) electrons. The van der Waals surface area contributed by atoms with Gasteiger partial charge in [0.15, 0.2) is 5.17 Å². The molecule has 3 aromatic rings. The van der Waals surface area contributed by atoms with Gasteiger partial charge in [0.05, 0.1) is 23.9 Å². The third kappa shape index (κ3) is 4.72. The van der Waals surface area contributed by atoms with Gasteiger partial charge in [0.1, 0.15) is 5.76 Å². The van der Waals surface area contributed by atoms with E-state index in [9.17, 15) is 4.79 Å². The molecule has 0 spiro atoms. The van der Waals surface area contributed by atoms with E-state index >= 15 is 0 Å². The van der Waals surface area contributed by atoms with E-state index in [0.29, 0.717) is 20.9 Å². The van der Waals surface area contributed by atoms with Crippen LogP contribution < -0.4 is 0 Å². The minimum atomic E-state index is -0.142. The predicted octanol–water partition coefficient (Wildman–Crippen LogP) is 5.75. The molecule has 1 saturated heterocycles. The van der Waals surface area contributed by atoms with Crippen molar-refractivity contribution < 1.29 is 9.21 Å². The molecular weight excluding hydrogens is 418 g/mol. The first-order chi connectivity index (χ1) is 14.6. The van der Waals surface area contributed by atoms with Crippen LogP contribution in [0.15, 0.2) is 86.5 Å². The quantitative estimate of drug-likeness (QED) is 0.291. The minimum absolute atomic E-state index is 0.142. The second-order valence-corrected chi connectivity index (χ2v) is 8.06. The summed E-state index contributed by atoms with van der Waals surface area (Å²) in [6.07, 6.45) is 5.10. The number of aryl methyl sites for hydroxylation is 1. The molecule has 1 amide bonds. The number of amides is 1. The number of thioether (sulfide) groups is 1. The predicted molar refractivity (Wildman–Crippen MR) is 122 cm³/mol. The Labute approximate surface area is 183 Å². The van der Waals surface area contributed by atoms with E-state index in [1.807, 2.05) is 55.5 Å². The summed E-state index contributed by atoms with van der Waals surface area (Å²) in [6, 6.07) is 18.8. The number of halogens is 1. The van der Waals surface area contributed by atoms with Crippen LogP contribution in [0.3, 0.4) is 0 Å². The summed E-state index contributed by atoms with van der Waals surface area (Å²) in [5.41, 5.74) is 2.97. The lowest BCUT2D eigenvalue weighted by molar-refractivity contribution is -0.122. The molecule has 1 aliphatic heterocycles. The molecule has 1 aromatic heterocycles. The molecule has 0 bridgehead atoms. The van der Waals surface area contributed by atoms with Gasteiger partial charge in [-0.25, -0.2) is 0 Å². The average molecular weight is 436 g/mol. The molecule has 150 valence electrons. The summed E-state index contributed by atoms with van der Waals surface area (Å²) in [5.74, 6) is 0.531. The first-order valence-electron chi connectivity index (χ1n) is 9.26. The van der Waals surface area contributed by atoms with Crippen molar-refractivity contribution in [3.8, 4) is 0 Å². The van der Waals surface area contributed by atoms with Crippen molar-refractivity contribution in [2.45, 2.75) is 13.5 Å². The highest BCUT2D eigenvalue weighted by molar-refractivity contribution is 8.18. The number of hydrogen-bond acceptors (Lipinski definition) is 5. The van der Waals surface area contributed by atoms with Crippen molar-refractivity contribution in [3.05, 3.63) is 99.3 Å². The fourth-order valence-corrected chi connectivity index (χ4v) is 3.92. The largest absolute Gasteiger partial charge is 0.467 e. The van der Waals surface area contributed by atoms with Gasteiger partial charge < -0.3 is 4.42 Å². The molecule has 2 heterocycles. The molecule has 4 rings (SSSR count). The minimum Gasteiger partial charge on any atom is -0.467 e. The van der Waals surface area contributed by atoms with E-state index in [2.05, 4.69) is 10.2 Å². The molecule has 1 aliphatic rings. The number of benzene rings is 2. The highest BCUT2D eigenvalue weighted by Crippen LogP contribution is 2.34. The van der Waals surface area contributed by atoms with Crippen LogP contribution in [0.1, 0.15) is 22.5 Å². The summed E-state index contributed by atoms with van der Waals surface area (Å²) in [5, 5.41) is 9.70. The Bertz CT molecular complexity index is 1140. The lowest BCUT2D eigenvalue weighted by Gasteiger charge is -2.12. The van der Waals surface area contributed by atoms with Crippen LogP contribution in [0.4, 0.5) is 0 Å². The summed E-state index contributed by atoms with van der Waals surface area (Å²) < 4.78 is 5.42. The summed E-state index contributed by atoms with van der Waals surface area (Å²) >= 11 is 7.24. The Balaban J connectivity index is 1.62. The summed E-state index contributed by atoms with van der Waals surface area (Å²) in [4.78, 5) is 15.2. The number of nitrogens with zero attached hydrogens (tertiary/aromatic N) is 3. The first kappa shape index (κ1) is 20.2. The molecule has 0 aliphatic carbocycles. The van der Waals surface area contributed by atoms with Crippen LogP contribution >= 0.6 is 23.4 Å². The van der Waals surface area contributed by atoms with Gasteiger partial charge in [-0.1, -0.05) is 48.0 Å². The van der Waals surface area contributed by atoms with E-state index < -0.39 is 0 Å². The number of rotatable bonds is 5. The van der Waals surface area contributed by atoms with Crippen LogP contribution in [0, 0.1) is 6.92 Å². The molecule has 30 heavy (non-hydrogen) atoms. The monoisotopic (exact) mass is 435 g/mol. The van der Waals surface area contributed by atoms with Crippen molar-refractivity contribution in [1.29, 1.82) is 0 Å². The van der Waals surface area contributed by atoms with Crippen LogP contribution in [-0.4, -0.2) is 22.2 Å². The van der Waals surface area contributed by atoms with Crippen LogP contribution in [0.25, 0.3) is 6.08 Å². The van der Waals surface area contributed by atoms with E-state index in [1.54, 1.807) is 35.6 Å². The highest BCUT2D eigenvalue weighted by Gasteiger charge is 2.34. The molecule has 0 atom stereocenters.